The maximum atomic E-state index is 12.4. The first-order valence-electron chi connectivity index (χ1n) is 11.4. The number of rotatable bonds is 6. The van der Waals surface area contributed by atoms with Crippen molar-refractivity contribution in [3.63, 3.8) is 0 Å². The molecule has 2 heterocycles. The van der Waals surface area contributed by atoms with Gasteiger partial charge in [0.1, 0.15) is 24.4 Å². The molecule has 0 saturated heterocycles. The monoisotopic (exact) mass is 474 g/mol. The van der Waals surface area contributed by atoms with Gasteiger partial charge >= 0.3 is 5.63 Å². The Morgan fingerprint density at radius 1 is 0.943 bits per heavy atom. The van der Waals surface area contributed by atoms with Gasteiger partial charge in [0.05, 0.1) is 21.3 Å². The molecule has 7 nitrogen and oxygen atoms in total. The molecular weight excluding hydrogens is 446 g/mol. The SMILES string of the molecule is COc1cc(C[NH+]2COc3c(cc4c(-c5ccccc5)cc(=O)oc4c3C)C2)cc(OC)c1OC. The number of aryl methyl sites for hydroxylation is 1. The summed E-state index contributed by atoms with van der Waals surface area (Å²) in [7, 11) is 4.83. The van der Waals surface area contributed by atoms with E-state index in [2.05, 4.69) is 6.07 Å². The van der Waals surface area contributed by atoms with E-state index < -0.39 is 0 Å². The highest BCUT2D eigenvalue weighted by molar-refractivity contribution is 5.96. The Morgan fingerprint density at radius 2 is 1.66 bits per heavy atom. The highest BCUT2D eigenvalue weighted by Gasteiger charge is 2.26. The van der Waals surface area contributed by atoms with Crippen molar-refractivity contribution in [3.8, 4) is 34.1 Å². The molecule has 0 spiro atoms. The smallest absolute Gasteiger partial charge is 0.336 e. The molecule has 3 aromatic carbocycles. The summed E-state index contributed by atoms with van der Waals surface area (Å²) in [5.41, 5.74) is 5.01. The summed E-state index contributed by atoms with van der Waals surface area (Å²) in [6.45, 7) is 3.90. The van der Waals surface area contributed by atoms with Gasteiger partial charge < -0.3 is 23.4 Å². The van der Waals surface area contributed by atoms with E-state index in [0.29, 0.717) is 36.1 Å². The third-order valence-electron chi connectivity index (χ3n) is 6.42. The van der Waals surface area contributed by atoms with Gasteiger partial charge in [-0.3, -0.25) is 4.90 Å². The van der Waals surface area contributed by atoms with Crippen molar-refractivity contribution in [3.05, 3.63) is 81.7 Å². The van der Waals surface area contributed by atoms with Gasteiger partial charge in [-0.05, 0) is 36.2 Å². The molecule has 4 aromatic rings. The van der Waals surface area contributed by atoms with Gasteiger partial charge in [0.2, 0.25) is 12.5 Å². The summed E-state index contributed by atoms with van der Waals surface area (Å²) < 4.78 is 28.3. The van der Waals surface area contributed by atoms with Crippen LogP contribution < -0.4 is 29.5 Å². The Labute approximate surface area is 203 Å². The Kier molecular flexibility index (Phi) is 6.09. The molecule has 0 saturated carbocycles. The Morgan fingerprint density at radius 3 is 2.31 bits per heavy atom. The van der Waals surface area contributed by atoms with Crippen LogP contribution in [0.2, 0.25) is 0 Å². The van der Waals surface area contributed by atoms with Crippen LogP contribution >= 0.6 is 0 Å². The van der Waals surface area contributed by atoms with Crippen molar-refractivity contribution in [1.29, 1.82) is 0 Å². The number of nitrogens with one attached hydrogen (secondary N) is 1. The fraction of sp³-hybridized carbons (Fsp3) is 0.250. The molecule has 0 bridgehead atoms. The van der Waals surface area contributed by atoms with E-state index in [9.17, 15) is 4.79 Å². The normalized spacial score (nSPS) is 14.8. The molecule has 1 aliphatic rings. The Bertz CT molecular complexity index is 1420. The number of hydrogen-bond donors (Lipinski definition) is 1. The fourth-order valence-corrected chi connectivity index (χ4v) is 4.83. The molecular formula is C28H28NO6+. The lowest BCUT2D eigenvalue weighted by molar-refractivity contribution is -0.945. The lowest BCUT2D eigenvalue weighted by Crippen LogP contribution is -3.10. The van der Waals surface area contributed by atoms with E-state index in [1.807, 2.05) is 49.4 Å². The average molecular weight is 475 g/mol. The molecule has 1 aliphatic heterocycles. The van der Waals surface area contributed by atoms with Gasteiger partial charge in [-0.2, -0.15) is 0 Å². The van der Waals surface area contributed by atoms with E-state index in [0.717, 1.165) is 45.5 Å². The molecule has 1 unspecified atom stereocenters. The van der Waals surface area contributed by atoms with E-state index >= 15 is 0 Å². The Balaban J connectivity index is 1.52. The molecule has 7 heteroatoms. The zero-order chi connectivity index (χ0) is 24.5. The van der Waals surface area contributed by atoms with Crippen LogP contribution in [0.1, 0.15) is 16.7 Å². The highest BCUT2D eigenvalue weighted by atomic mass is 16.5. The molecule has 1 N–H and O–H groups in total. The molecule has 5 rings (SSSR count). The molecule has 35 heavy (non-hydrogen) atoms. The summed E-state index contributed by atoms with van der Waals surface area (Å²) in [5.74, 6) is 2.62. The number of ether oxygens (including phenoxy) is 4. The standard InChI is InChI=1S/C28H27NO6/c1-17-26-20(12-22-21(13-25(30)35-27(17)22)19-8-6-5-7-9-19)15-29(16-34-26)14-18-10-23(31-2)28(33-4)24(11-18)32-3/h5-13H,14-16H2,1-4H3/p+1. The minimum Gasteiger partial charge on any atom is -0.493 e. The summed E-state index contributed by atoms with van der Waals surface area (Å²) >= 11 is 0. The molecule has 1 atom stereocenters. The van der Waals surface area contributed by atoms with Crippen molar-refractivity contribution in [2.75, 3.05) is 28.1 Å². The molecule has 1 aromatic heterocycles. The third-order valence-corrected chi connectivity index (χ3v) is 6.42. The largest absolute Gasteiger partial charge is 0.493 e. The second kappa shape index (κ2) is 9.35. The predicted octanol–water partition coefficient (Wildman–Crippen LogP) is 3.73. The maximum Gasteiger partial charge on any atom is 0.336 e. The lowest BCUT2D eigenvalue weighted by Gasteiger charge is -2.28. The lowest BCUT2D eigenvalue weighted by atomic mass is 9.97. The number of benzene rings is 3. The van der Waals surface area contributed by atoms with Crippen molar-refractivity contribution in [2.45, 2.75) is 20.0 Å². The minimum atomic E-state index is -0.370. The van der Waals surface area contributed by atoms with E-state index in [4.69, 9.17) is 23.4 Å². The topological polar surface area (TPSA) is 71.6 Å². The molecule has 0 fully saturated rings. The first-order chi connectivity index (χ1) is 17.0. The fourth-order valence-electron chi connectivity index (χ4n) is 4.83. The summed E-state index contributed by atoms with van der Waals surface area (Å²) in [5, 5.41) is 0.907. The van der Waals surface area contributed by atoms with Crippen LogP contribution in [0.25, 0.3) is 22.1 Å². The van der Waals surface area contributed by atoms with Crippen LogP contribution in [-0.4, -0.2) is 28.1 Å². The minimum absolute atomic E-state index is 0.370. The molecule has 0 amide bonds. The Hall–Kier alpha value is -3.97. The van der Waals surface area contributed by atoms with E-state index in [1.165, 1.54) is 4.90 Å². The van der Waals surface area contributed by atoms with Crippen LogP contribution in [0.5, 0.6) is 23.0 Å². The first kappa shape index (κ1) is 22.8. The second-order valence-corrected chi connectivity index (χ2v) is 8.64. The van der Waals surface area contributed by atoms with Gasteiger partial charge in [-0.25, -0.2) is 4.79 Å². The van der Waals surface area contributed by atoms with Crippen molar-refractivity contribution in [1.82, 2.24) is 0 Å². The highest BCUT2D eigenvalue weighted by Crippen LogP contribution is 2.39. The van der Waals surface area contributed by atoms with Crippen LogP contribution in [0.4, 0.5) is 0 Å². The molecule has 0 aliphatic carbocycles. The van der Waals surface area contributed by atoms with Gasteiger partial charge in [0, 0.05) is 28.1 Å². The van der Waals surface area contributed by atoms with E-state index in [1.54, 1.807) is 27.4 Å². The predicted molar refractivity (Wildman–Crippen MR) is 133 cm³/mol. The van der Waals surface area contributed by atoms with Crippen LogP contribution in [0.15, 0.2) is 63.8 Å². The van der Waals surface area contributed by atoms with E-state index in [-0.39, 0.29) is 5.63 Å². The summed E-state index contributed by atoms with van der Waals surface area (Å²) in [6.07, 6.45) is 0. The third kappa shape index (κ3) is 4.19. The van der Waals surface area contributed by atoms with Crippen LogP contribution in [-0.2, 0) is 13.1 Å². The summed E-state index contributed by atoms with van der Waals surface area (Å²) in [6, 6.07) is 17.5. The quantitative estimate of drug-likeness (QED) is 0.430. The maximum absolute atomic E-state index is 12.4. The van der Waals surface area contributed by atoms with Crippen LogP contribution in [0, 0.1) is 6.92 Å². The molecule has 180 valence electrons. The van der Waals surface area contributed by atoms with Gasteiger partial charge in [-0.1, -0.05) is 30.3 Å². The average Bonchev–Trinajstić information content (AvgIpc) is 2.88. The van der Waals surface area contributed by atoms with Crippen molar-refractivity contribution < 1.29 is 28.3 Å². The van der Waals surface area contributed by atoms with Gasteiger partial charge in [0.25, 0.3) is 0 Å². The van der Waals surface area contributed by atoms with Gasteiger partial charge in [-0.15, -0.1) is 0 Å². The number of hydrogen-bond acceptors (Lipinski definition) is 6. The first-order valence-corrected chi connectivity index (χ1v) is 11.4. The number of quaternary nitrogens is 1. The zero-order valence-corrected chi connectivity index (χ0v) is 20.3. The van der Waals surface area contributed by atoms with Crippen molar-refractivity contribution >= 4 is 11.0 Å². The number of methoxy groups -OCH3 is 3. The van der Waals surface area contributed by atoms with Crippen molar-refractivity contribution in [2.24, 2.45) is 0 Å². The second-order valence-electron chi connectivity index (χ2n) is 8.64. The van der Waals surface area contributed by atoms with Gasteiger partial charge in [0.15, 0.2) is 11.5 Å². The van der Waals surface area contributed by atoms with Crippen LogP contribution in [0.3, 0.4) is 0 Å². The number of fused-ring (bicyclic) bond motifs is 2. The zero-order valence-electron chi connectivity index (χ0n) is 20.3. The summed E-state index contributed by atoms with van der Waals surface area (Å²) in [4.78, 5) is 13.6. The molecule has 0 radical (unpaired) electrons.